The topological polar surface area (TPSA) is 64.7 Å². The lowest BCUT2D eigenvalue weighted by molar-refractivity contribution is 0.102. The van der Waals surface area contributed by atoms with E-state index in [0.29, 0.717) is 33.2 Å². The van der Waals surface area contributed by atoms with Crippen LogP contribution in [0.4, 0.5) is 10.1 Å². The molecule has 0 saturated heterocycles. The second kappa shape index (κ2) is 6.92. The number of carbonyl (C=O) groups is 1. The molecule has 0 unspecified atom stereocenters. The quantitative estimate of drug-likeness (QED) is 0.757. The SMILES string of the molecule is Cc1nn(C)cc1C(=O)Nc1c(C)nn(Cc2c(F)cccc2Cl)c1C. The minimum atomic E-state index is -0.387. The zero-order valence-electron chi connectivity index (χ0n) is 15.0. The van der Waals surface area contributed by atoms with Gasteiger partial charge < -0.3 is 5.32 Å². The van der Waals surface area contributed by atoms with Gasteiger partial charge in [-0.3, -0.25) is 14.2 Å². The summed E-state index contributed by atoms with van der Waals surface area (Å²) >= 11 is 6.10. The van der Waals surface area contributed by atoms with Crippen LogP contribution in [0.3, 0.4) is 0 Å². The van der Waals surface area contributed by atoms with Gasteiger partial charge in [0.1, 0.15) is 5.82 Å². The highest BCUT2D eigenvalue weighted by Crippen LogP contribution is 2.25. The highest BCUT2D eigenvalue weighted by molar-refractivity contribution is 6.31. The summed E-state index contributed by atoms with van der Waals surface area (Å²) in [7, 11) is 1.76. The van der Waals surface area contributed by atoms with Gasteiger partial charge in [-0.1, -0.05) is 17.7 Å². The first-order valence-corrected chi connectivity index (χ1v) is 8.44. The Hall–Kier alpha value is -2.67. The van der Waals surface area contributed by atoms with Crippen molar-refractivity contribution in [2.75, 3.05) is 5.32 Å². The maximum absolute atomic E-state index is 14.0. The monoisotopic (exact) mass is 375 g/mol. The van der Waals surface area contributed by atoms with Gasteiger partial charge in [0.15, 0.2) is 0 Å². The summed E-state index contributed by atoms with van der Waals surface area (Å²) in [6.07, 6.45) is 1.67. The van der Waals surface area contributed by atoms with Gasteiger partial charge in [-0.25, -0.2) is 4.39 Å². The van der Waals surface area contributed by atoms with Crippen LogP contribution in [0.2, 0.25) is 5.02 Å². The summed E-state index contributed by atoms with van der Waals surface area (Å²) in [6.45, 7) is 5.57. The number of amides is 1. The maximum atomic E-state index is 14.0. The Kier molecular flexibility index (Phi) is 4.82. The first-order chi connectivity index (χ1) is 12.3. The summed E-state index contributed by atoms with van der Waals surface area (Å²) in [4.78, 5) is 12.5. The Labute approximate surface area is 155 Å². The van der Waals surface area contributed by atoms with Crippen molar-refractivity contribution in [1.82, 2.24) is 19.6 Å². The summed E-state index contributed by atoms with van der Waals surface area (Å²) in [5.74, 6) is -0.646. The number of halogens is 2. The number of benzene rings is 1. The minimum absolute atomic E-state index is 0.181. The Morgan fingerprint density at radius 1 is 1.23 bits per heavy atom. The zero-order chi connectivity index (χ0) is 19.0. The van der Waals surface area contributed by atoms with Crippen molar-refractivity contribution < 1.29 is 9.18 Å². The van der Waals surface area contributed by atoms with E-state index < -0.39 is 0 Å². The lowest BCUT2D eigenvalue weighted by Gasteiger charge is -2.09. The third-order valence-corrected chi connectivity index (χ3v) is 4.60. The minimum Gasteiger partial charge on any atom is -0.319 e. The molecule has 0 aliphatic rings. The van der Waals surface area contributed by atoms with Crippen LogP contribution in [0.15, 0.2) is 24.4 Å². The summed E-state index contributed by atoms with van der Waals surface area (Å²) < 4.78 is 17.3. The molecular weight excluding hydrogens is 357 g/mol. The van der Waals surface area contributed by atoms with E-state index in [2.05, 4.69) is 15.5 Å². The average molecular weight is 376 g/mol. The smallest absolute Gasteiger partial charge is 0.259 e. The van der Waals surface area contributed by atoms with Crippen LogP contribution in [-0.2, 0) is 13.6 Å². The molecule has 8 heteroatoms. The third-order valence-electron chi connectivity index (χ3n) is 4.25. The number of aryl methyl sites for hydroxylation is 3. The number of nitrogens with one attached hydrogen (secondary N) is 1. The number of nitrogens with zero attached hydrogens (tertiary/aromatic N) is 4. The molecule has 0 fully saturated rings. The molecule has 136 valence electrons. The predicted octanol–water partition coefficient (Wildman–Crippen LogP) is 3.63. The van der Waals surface area contributed by atoms with E-state index >= 15 is 0 Å². The van der Waals surface area contributed by atoms with E-state index in [1.807, 2.05) is 6.92 Å². The molecule has 1 aromatic carbocycles. The average Bonchev–Trinajstić information content (AvgIpc) is 3.04. The van der Waals surface area contributed by atoms with Crippen molar-refractivity contribution in [3.05, 3.63) is 63.4 Å². The van der Waals surface area contributed by atoms with E-state index in [0.717, 1.165) is 5.69 Å². The predicted molar refractivity (Wildman–Crippen MR) is 98.1 cm³/mol. The van der Waals surface area contributed by atoms with Crippen molar-refractivity contribution in [3.8, 4) is 0 Å². The molecule has 0 spiro atoms. The molecule has 0 aliphatic heterocycles. The number of rotatable bonds is 4. The van der Waals surface area contributed by atoms with Gasteiger partial charge in [0.05, 0.1) is 34.9 Å². The first kappa shape index (κ1) is 18.1. The number of aromatic nitrogens is 4. The van der Waals surface area contributed by atoms with Crippen molar-refractivity contribution >= 4 is 23.2 Å². The standard InChI is InChI=1S/C18H19ClFN5O/c1-10-13(8-24(4)22-10)18(26)21-17-11(2)23-25(12(17)3)9-14-15(19)6-5-7-16(14)20/h5-8H,9H2,1-4H3,(H,21,26). The van der Waals surface area contributed by atoms with E-state index in [9.17, 15) is 9.18 Å². The molecule has 6 nitrogen and oxygen atoms in total. The first-order valence-electron chi connectivity index (χ1n) is 8.06. The van der Waals surface area contributed by atoms with Crippen LogP contribution in [0.25, 0.3) is 0 Å². The summed E-state index contributed by atoms with van der Waals surface area (Å²) in [5.41, 5.74) is 3.47. The lowest BCUT2D eigenvalue weighted by Crippen LogP contribution is -2.14. The van der Waals surface area contributed by atoms with Gasteiger partial charge in [-0.2, -0.15) is 10.2 Å². The van der Waals surface area contributed by atoms with Crippen LogP contribution in [0.5, 0.6) is 0 Å². The number of hydrogen-bond donors (Lipinski definition) is 1. The highest BCUT2D eigenvalue weighted by atomic mass is 35.5. The van der Waals surface area contributed by atoms with E-state index in [4.69, 9.17) is 11.6 Å². The van der Waals surface area contributed by atoms with E-state index in [1.165, 1.54) is 6.07 Å². The number of hydrogen-bond acceptors (Lipinski definition) is 3. The van der Waals surface area contributed by atoms with Crippen LogP contribution in [0, 0.1) is 26.6 Å². The molecular formula is C18H19ClFN5O. The molecule has 0 radical (unpaired) electrons. The van der Waals surface area contributed by atoms with Crippen LogP contribution >= 0.6 is 11.6 Å². The van der Waals surface area contributed by atoms with Crippen molar-refractivity contribution in [2.45, 2.75) is 27.3 Å². The second-order valence-electron chi connectivity index (χ2n) is 6.16. The lowest BCUT2D eigenvalue weighted by atomic mass is 10.2. The highest BCUT2D eigenvalue weighted by Gasteiger charge is 2.19. The number of anilines is 1. The fraction of sp³-hybridized carbons (Fsp3) is 0.278. The van der Waals surface area contributed by atoms with Gasteiger partial charge in [0.25, 0.3) is 5.91 Å². The van der Waals surface area contributed by atoms with Crippen LogP contribution in [-0.4, -0.2) is 25.5 Å². The molecule has 2 heterocycles. The molecule has 2 aromatic heterocycles. The number of carbonyl (C=O) groups excluding carboxylic acids is 1. The molecule has 0 bridgehead atoms. The third kappa shape index (κ3) is 3.35. The van der Waals surface area contributed by atoms with Gasteiger partial charge >= 0.3 is 0 Å². The zero-order valence-corrected chi connectivity index (χ0v) is 15.7. The Morgan fingerprint density at radius 2 is 1.96 bits per heavy atom. The fourth-order valence-corrected chi connectivity index (χ4v) is 3.09. The molecule has 26 heavy (non-hydrogen) atoms. The molecule has 0 aliphatic carbocycles. The van der Waals surface area contributed by atoms with Gasteiger partial charge in [-0.05, 0) is 32.9 Å². The van der Waals surface area contributed by atoms with Crippen LogP contribution < -0.4 is 5.32 Å². The molecule has 0 atom stereocenters. The molecule has 1 N–H and O–H groups in total. The normalized spacial score (nSPS) is 11.0. The van der Waals surface area contributed by atoms with Gasteiger partial charge in [0, 0.05) is 23.8 Å². The largest absolute Gasteiger partial charge is 0.319 e. The van der Waals surface area contributed by atoms with E-state index in [-0.39, 0.29) is 18.3 Å². The summed E-state index contributed by atoms with van der Waals surface area (Å²) in [6, 6.07) is 4.56. The Morgan fingerprint density at radius 3 is 2.58 bits per heavy atom. The molecule has 3 aromatic rings. The van der Waals surface area contributed by atoms with Crippen molar-refractivity contribution in [2.24, 2.45) is 7.05 Å². The molecule has 1 amide bonds. The molecule has 0 saturated carbocycles. The Balaban J connectivity index is 1.89. The van der Waals surface area contributed by atoms with Gasteiger partial charge in [0.2, 0.25) is 0 Å². The van der Waals surface area contributed by atoms with Gasteiger partial charge in [-0.15, -0.1) is 0 Å². The fourth-order valence-electron chi connectivity index (χ4n) is 2.87. The Bertz CT molecular complexity index is 972. The maximum Gasteiger partial charge on any atom is 0.259 e. The van der Waals surface area contributed by atoms with Crippen molar-refractivity contribution in [1.29, 1.82) is 0 Å². The summed E-state index contributed by atoms with van der Waals surface area (Å²) in [5, 5.41) is 11.8. The van der Waals surface area contributed by atoms with Crippen molar-refractivity contribution in [3.63, 3.8) is 0 Å². The van der Waals surface area contributed by atoms with E-state index in [1.54, 1.807) is 48.6 Å². The second-order valence-corrected chi connectivity index (χ2v) is 6.57. The molecule has 3 rings (SSSR count). The van der Waals surface area contributed by atoms with Crippen LogP contribution in [0.1, 0.15) is 33.0 Å².